The lowest BCUT2D eigenvalue weighted by molar-refractivity contribution is -0.110. The summed E-state index contributed by atoms with van der Waals surface area (Å²) in [5, 5.41) is 7.18. The van der Waals surface area contributed by atoms with E-state index in [1.54, 1.807) is 25.1 Å². The van der Waals surface area contributed by atoms with Crippen LogP contribution in [0.3, 0.4) is 0 Å². The second kappa shape index (κ2) is 5.05. The molecule has 0 fully saturated rings. The molecule has 1 N–H and O–H groups in total. The van der Waals surface area contributed by atoms with Gasteiger partial charge in [0, 0.05) is 5.56 Å². The van der Waals surface area contributed by atoms with Crippen molar-refractivity contribution < 1.29 is 14.3 Å². The SMILES string of the molecule is CCOC(=N)C(=O)C(=O)c1ccccc1. The van der Waals surface area contributed by atoms with Gasteiger partial charge < -0.3 is 4.74 Å². The Kier molecular flexibility index (Phi) is 3.74. The minimum atomic E-state index is -0.914. The number of hydrogen-bond acceptors (Lipinski definition) is 4. The van der Waals surface area contributed by atoms with Gasteiger partial charge in [-0.3, -0.25) is 15.0 Å². The number of hydrogen-bond donors (Lipinski definition) is 1. The quantitative estimate of drug-likeness (QED) is 0.350. The van der Waals surface area contributed by atoms with E-state index in [1.165, 1.54) is 12.1 Å². The van der Waals surface area contributed by atoms with Gasteiger partial charge in [-0.15, -0.1) is 0 Å². The molecule has 0 aliphatic heterocycles. The molecule has 4 nitrogen and oxygen atoms in total. The molecule has 0 aromatic heterocycles. The van der Waals surface area contributed by atoms with E-state index in [4.69, 9.17) is 5.41 Å². The minimum Gasteiger partial charge on any atom is -0.475 e. The maximum atomic E-state index is 11.5. The lowest BCUT2D eigenvalue weighted by Gasteiger charge is -2.02. The zero-order valence-corrected chi connectivity index (χ0v) is 8.32. The van der Waals surface area contributed by atoms with Crippen LogP contribution in [0, 0.1) is 5.41 Å². The smallest absolute Gasteiger partial charge is 0.287 e. The predicted molar refractivity (Wildman–Crippen MR) is 55.1 cm³/mol. The Labute approximate surface area is 87.4 Å². The van der Waals surface area contributed by atoms with Crippen LogP contribution in [0.4, 0.5) is 0 Å². The highest BCUT2D eigenvalue weighted by Crippen LogP contribution is 2.01. The first-order valence-electron chi connectivity index (χ1n) is 4.52. The molecule has 0 radical (unpaired) electrons. The normalized spacial score (nSPS) is 9.40. The monoisotopic (exact) mass is 205 g/mol. The van der Waals surface area contributed by atoms with E-state index in [0.717, 1.165) is 0 Å². The molecule has 0 unspecified atom stereocenters. The first-order valence-corrected chi connectivity index (χ1v) is 4.52. The Morgan fingerprint density at radius 1 is 1.27 bits per heavy atom. The third-order valence-electron chi connectivity index (χ3n) is 1.74. The summed E-state index contributed by atoms with van der Waals surface area (Å²) in [5.41, 5.74) is 0.270. The van der Waals surface area contributed by atoms with Gasteiger partial charge in [0.15, 0.2) is 0 Å². The molecular formula is C11H11NO3. The summed E-state index contributed by atoms with van der Waals surface area (Å²) in [6.07, 6.45) is 0. The lowest BCUT2D eigenvalue weighted by atomic mass is 10.1. The molecule has 15 heavy (non-hydrogen) atoms. The van der Waals surface area contributed by atoms with E-state index in [2.05, 4.69) is 4.74 Å². The zero-order valence-electron chi connectivity index (χ0n) is 8.32. The van der Waals surface area contributed by atoms with Gasteiger partial charge in [0.25, 0.3) is 11.7 Å². The molecule has 0 atom stereocenters. The largest absolute Gasteiger partial charge is 0.475 e. The number of ketones is 2. The van der Waals surface area contributed by atoms with Crippen LogP contribution in [0.5, 0.6) is 0 Å². The summed E-state index contributed by atoms with van der Waals surface area (Å²) in [5.74, 6) is -2.23. The summed E-state index contributed by atoms with van der Waals surface area (Å²) >= 11 is 0. The van der Waals surface area contributed by atoms with Gasteiger partial charge >= 0.3 is 0 Å². The molecule has 0 amide bonds. The van der Waals surface area contributed by atoms with Crippen LogP contribution in [0.15, 0.2) is 30.3 Å². The van der Waals surface area contributed by atoms with Crippen molar-refractivity contribution in [1.82, 2.24) is 0 Å². The fourth-order valence-electron chi connectivity index (χ4n) is 1.03. The van der Waals surface area contributed by atoms with Crippen LogP contribution < -0.4 is 0 Å². The molecule has 0 spiro atoms. The van der Waals surface area contributed by atoms with Crippen molar-refractivity contribution in [1.29, 1.82) is 5.41 Å². The number of nitrogens with one attached hydrogen (secondary N) is 1. The average molecular weight is 205 g/mol. The molecular weight excluding hydrogens is 194 g/mol. The molecule has 0 aliphatic carbocycles. The average Bonchev–Trinajstić information content (AvgIpc) is 2.28. The lowest BCUT2D eigenvalue weighted by Crippen LogP contribution is -2.25. The Morgan fingerprint density at radius 2 is 1.87 bits per heavy atom. The fourth-order valence-corrected chi connectivity index (χ4v) is 1.03. The highest BCUT2D eigenvalue weighted by Gasteiger charge is 2.21. The van der Waals surface area contributed by atoms with E-state index in [-0.39, 0.29) is 12.2 Å². The summed E-state index contributed by atoms with van der Waals surface area (Å²) in [6.45, 7) is 1.85. The molecule has 0 bridgehead atoms. The van der Waals surface area contributed by atoms with Crippen LogP contribution in [-0.4, -0.2) is 24.1 Å². The van der Waals surface area contributed by atoms with Gasteiger partial charge in [0.1, 0.15) is 0 Å². The van der Waals surface area contributed by atoms with Crippen molar-refractivity contribution >= 4 is 17.5 Å². The summed E-state index contributed by atoms with van der Waals surface area (Å²) in [7, 11) is 0. The molecule has 78 valence electrons. The highest BCUT2D eigenvalue weighted by atomic mass is 16.5. The van der Waals surface area contributed by atoms with Gasteiger partial charge in [-0.25, -0.2) is 0 Å². The summed E-state index contributed by atoms with van der Waals surface area (Å²) < 4.78 is 4.66. The highest BCUT2D eigenvalue weighted by molar-refractivity contribution is 6.66. The van der Waals surface area contributed by atoms with E-state index >= 15 is 0 Å². The van der Waals surface area contributed by atoms with Crippen molar-refractivity contribution in [3.63, 3.8) is 0 Å². The Morgan fingerprint density at radius 3 is 2.40 bits per heavy atom. The van der Waals surface area contributed by atoms with Crippen LogP contribution >= 0.6 is 0 Å². The first kappa shape index (κ1) is 11.1. The van der Waals surface area contributed by atoms with E-state index in [9.17, 15) is 9.59 Å². The number of ether oxygens (including phenoxy) is 1. The Bertz CT molecular complexity index is 384. The fraction of sp³-hybridized carbons (Fsp3) is 0.182. The van der Waals surface area contributed by atoms with Crippen molar-refractivity contribution in [3.05, 3.63) is 35.9 Å². The van der Waals surface area contributed by atoms with Crippen LogP contribution in [0.1, 0.15) is 17.3 Å². The predicted octanol–water partition coefficient (Wildman–Crippen LogP) is 1.45. The molecule has 0 saturated carbocycles. The van der Waals surface area contributed by atoms with Crippen molar-refractivity contribution in [3.8, 4) is 0 Å². The van der Waals surface area contributed by atoms with Gasteiger partial charge in [-0.05, 0) is 6.92 Å². The van der Waals surface area contributed by atoms with Crippen molar-refractivity contribution in [2.24, 2.45) is 0 Å². The number of carbonyl (C=O) groups excluding carboxylic acids is 2. The van der Waals surface area contributed by atoms with Crippen LogP contribution in [-0.2, 0) is 9.53 Å². The standard InChI is InChI=1S/C11H11NO3/c1-2-15-11(12)10(14)9(13)8-6-4-3-5-7-8/h3-7,12H,2H2,1H3. The summed E-state index contributed by atoms with van der Waals surface area (Å²) in [4.78, 5) is 22.8. The second-order valence-corrected chi connectivity index (χ2v) is 2.79. The van der Waals surface area contributed by atoms with Crippen LogP contribution in [0.2, 0.25) is 0 Å². The van der Waals surface area contributed by atoms with E-state index in [1.807, 2.05) is 0 Å². The Balaban J connectivity index is 2.78. The van der Waals surface area contributed by atoms with Crippen LogP contribution in [0.25, 0.3) is 0 Å². The first-order chi connectivity index (χ1) is 7.16. The number of Topliss-reactive ketones (excluding diaryl/α,β-unsaturated/α-hetero) is 2. The molecule has 4 heteroatoms. The third-order valence-corrected chi connectivity index (χ3v) is 1.74. The summed E-state index contributed by atoms with van der Waals surface area (Å²) in [6, 6.07) is 8.11. The Hall–Kier alpha value is -1.97. The van der Waals surface area contributed by atoms with Gasteiger partial charge in [0.2, 0.25) is 5.78 Å². The molecule has 0 aliphatic rings. The van der Waals surface area contributed by atoms with Crippen molar-refractivity contribution in [2.45, 2.75) is 6.92 Å². The maximum absolute atomic E-state index is 11.5. The van der Waals surface area contributed by atoms with Gasteiger partial charge in [-0.2, -0.15) is 0 Å². The van der Waals surface area contributed by atoms with E-state index in [0.29, 0.717) is 0 Å². The molecule has 1 rings (SSSR count). The minimum absolute atomic E-state index is 0.201. The number of rotatable bonds is 4. The van der Waals surface area contributed by atoms with Crippen molar-refractivity contribution in [2.75, 3.05) is 6.61 Å². The zero-order chi connectivity index (χ0) is 11.3. The number of carbonyl (C=O) groups is 2. The third kappa shape index (κ3) is 2.74. The molecule has 1 aromatic carbocycles. The number of benzene rings is 1. The molecule has 1 aromatic rings. The van der Waals surface area contributed by atoms with Gasteiger partial charge in [-0.1, -0.05) is 30.3 Å². The second-order valence-electron chi connectivity index (χ2n) is 2.79. The van der Waals surface area contributed by atoms with E-state index < -0.39 is 17.5 Å². The van der Waals surface area contributed by atoms with Gasteiger partial charge in [0.05, 0.1) is 6.61 Å². The molecule has 0 saturated heterocycles. The maximum Gasteiger partial charge on any atom is 0.287 e. The topological polar surface area (TPSA) is 67.2 Å². The molecule has 0 heterocycles.